The summed E-state index contributed by atoms with van der Waals surface area (Å²) in [5.41, 5.74) is 6.48. The summed E-state index contributed by atoms with van der Waals surface area (Å²) in [7, 11) is 0. The van der Waals surface area contributed by atoms with E-state index >= 15 is 0 Å². The van der Waals surface area contributed by atoms with Gasteiger partial charge in [0, 0.05) is 12.1 Å². The standard InChI is InChI=1S/C14H25NO2/c15-13(8-9-16-11-13)10-12-4-7-14(17-12)5-2-1-3-6-14/h12H,1-11,15H2. The Morgan fingerprint density at radius 3 is 2.59 bits per heavy atom. The van der Waals surface area contributed by atoms with Crippen LogP contribution >= 0.6 is 0 Å². The van der Waals surface area contributed by atoms with E-state index in [1.807, 2.05) is 0 Å². The van der Waals surface area contributed by atoms with Crippen LogP contribution in [0.15, 0.2) is 0 Å². The summed E-state index contributed by atoms with van der Waals surface area (Å²) >= 11 is 0. The lowest BCUT2D eigenvalue weighted by Crippen LogP contribution is -2.44. The van der Waals surface area contributed by atoms with Gasteiger partial charge in [0.25, 0.3) is 0 Å². The first-order valence-corrected chi connectivity index (χ1v) is 7.24. The number of ether oxygens (including phenoxy) is 2. The molecule has 2 aliphatic heterocycles. The Balaban J connectivity index is 1.56. The van der Waals surface area contributed by atoms with Crippen LogP contribution in [0.4, 0.5) is 0 Å². The number of hydrogen-bond donors (Lipinski definition) is 1. The molecule has 0 radical (unpaired) electrons. The third kappa shape index (κ3) is 2.51. The normalized spacial score (nSPS) is 41.1. The molecule has 2 atom stereocenters. The van der Waals surface area contributed by atoms with Crippen LogP contribution in [0.3, 0.4) is 0 Å². The van der Waals surface area contributed by atoms with E-state index in [2.05, 4.69) is 0 Å². The average Bonchev–Trinajstić information content (AvgIpc) is 2.89. The van der Waals surface area contributed by atoms with Crippen molar-refractivity contribution in [2.24, 2.45) is 5.73 Å². The van der Waals surface area contributed by atoms with E-state index in [1.165, 1.54) is 44.9 Å². The highest BCUT2D eigenvalue weighted by Crippen LogP contribution is 2.43. The molecule has 3 heteroatoms. The molecule has 0 aromatic carbocycles. The molecular formula is C14H25NO2. The summed E-state index contributed by atoms with van der Waals surface area (Å²) in [6, 6.07) is 0. The fourth-order valence-electron chi connectivity index (χ4n) is 3.84. The minimum atomic E-state index is -0.106. The molecule has 17 heavy (non-hydrogen) atoms. The van der Waals surface area contributed by atoms with Crippen molar-refractivity contribution in [1.29, 1.82) is 0 Å². The Hall–Kier alpha value is -0.120. The Morgan fingerprint density at radius 1 is 1.06 bits per heavy atom. The number of hydrogen-bond acceptors (Lipinski definition) is 3. The molecule has 2 unspecified atom stereocenters. The van der Waals surface area contributed by atoms with Gasteiger partial charge in [0.05, 0.1) is 18.3 Å². The Kier molecular flexibility index (Phi) is 3.18. The zero-order chi connectivity index (χ0) is 11.8. The highest BCUT2D eigenvalue weighted by molar-refractivity contribution is 4.96. The second kappa shape index (κ2) is 4.52. The molecule has 3 nitrogen and oxygen atoms in total. The highest BCUT2D eigenvalue weighted by Gasteiger charge is 2.43. The Bertz CT molecular complexity index is 267. The van der Waals surface area contributed by atoms with Crippen LogP contribution < -0.4 is 5.73 Å². The van der Waals surface area contributed by atoms with Gasteiger partial charge in [-0.05, 0) is 38.5 Å². The SMILES string of the molecule is NC1(CC2CCC3(CCCCC3)O2)CCOC1. The van der Waals surface area contributed by atoms with Gasteiger partial charge < -0.3 is 15.2 Å². The fraction of sp³-hybridized carbons (Fsp3) is 1.00. The molecule has 1 saturated carbocycles. The molecule has 3 fully saturated rings. The summed E-state index contributed by atoms with van der Waals surface area (Å²) < 4.78 is 11.8. The van der Waals surface area contributed by atoms with Crippen molar-refractivity contribution in [3.05, 3.63) is 0 Å². The zero-order valence-corrected chi connectivity index (χ0v) is 10.7. The predicted octanol–water partition coefficient (Wildman–Crippen LogP) is 2.38. The van der Waals surface area contributed by atoms with Crippen LogP contribution in [0.25, 0.3) is 0 Å². The maximum absolute atomic E-state index is 6.38. The molecule has 98 valence electrons. The molecule has 3 rings (SSSR count). The second-order valence-corrected chi connectivity index (χ2v) is 6.39. The van der Waals surface area contributed by atoms with Crippen molar-refractivity contribution in [3.8, 4) is 0 Å². The van der Waals surface area contributed by atoms with Crippen molar-refractivity contribution in [1.82, 2.24) is 0 Å². The van der Waals surface area contributed by atoms with Crippen LogP contribution in [0, 0.1) is 0 Å². The molecule has 3 aliphatic rings. The molecular weight excluding hydrogens is 214 g/mol. The van der Waals surface area contributed by atoms with Crippen LogP contribution in [0.2, 0.25) is 0 Å². The molecule has 1 spiro atoms. The van der Waals surface area contributed by atoms with Crippen molar-refractivity contribution in [2.75, 3.05) is 13.2 Å². The maximum Gasteiger partial charge on any atom is 0.0687 e. The third-order valence-corrected chi connectivity index (χ3v) is 4.87. The molecule has 2 N–H and O–H groups in total. The molecule has 0 bridgehead atoms. The highest BCUT2D eigenvalue weighted by atomic mass is 16.5. The first-order chi connectivity index (χ1) is 8.20. The number of rotatable bonds is 2. The van der Waals surface area contributed by atoms with Crippen molar-refractivity contribution >= 4 is 0 Å². The summed E-state index contributed by atoms with van der Waals surface area (Å²) in [6.45, 7) is 1.55. The van der Waals surface area contributed by atoms with Crippen LogP contribution in [-0.2, 0) is 9.47 Å². The van der Waals surface area contributed by atoms with Gasteiger partial charge in [-0.15, -0.1) is 0 Å². The minimum Gasteiger partial charge on any atom is -0.379 e. The summed E-state index contributed by atoms with van der Waals surface area (Å²) in [5, 5.41) is 0. The van der Waals surface area contributed by atoms with E-state index in [-0.39, 0.29) is 11.1 Å². The van der Waals surface area contributed by atoms with E-state index in [0.717, 1.165) is 26.1 Å². The monoisotopic (exact) mass is 239 g/mol. The zero-order valence-electron chi connectivity index (χ0n) is 10.7. The van der Waals surface area contributed by atoms with Crippen molar-refractivity contribution in [3.63, 3.8) is 0 Å². The van der Waals surface area contributed by atoms with E-state index in [4.69, 9.17) is 15.2 Å². The molecule has 0 aromatic rings. The largest absolute Gasteiger partial charge is 0.379 e. The van der Waals surface area contributed by atoms with E-state index < -0.39 is 0 Å². The van der Waals surface area contributed by atoms with Gasteiger partial charge in [0.1, 0.15) is 0 Å². The molecule has 2 heterocycles. The van der Waals surface area contributed by atoms with Gasteiger partial charge in [-0.3, -0.25) is 0 Å². The van der Waals surface area contributed by atoms with E-state index in [0.29, 0.717) is 6.10 Å². The van der Waals surface area contributed by atoms with Gasteiger partial charge in [-0.25, -0.2) is 0 Å². The lowest BCUT2D eigenvalue weighted by atomic mass is 9.83. The maximum atomic E-state index is 6.38. The first-order valence-electron chi connectivity index (χ1n) is 7.24. The predicted molar refractivity (Wildman–Crippen MR) is 66.9 cm³/mol. The Morgan fingerprint density at radius 2 is 1.88 bits per heavy atom. The quantitative estimate of drug-likeness (QED) is 0.804. The van der Waals surface area contributed by atoms with Gasteiger partial charge in [-0.2, -0.15) is 0 Å². The summed E-state index contributed by atoms with van der Waals surface area (Å²) in [6.07, 6.45) is 11.5. The fourth-order valence-corrected chi connectivity index (χ4v) is 3.84. The molecule has 2 saturated heterocycles. The average molecular weight is 239 g/mol. The topological polar surface area (TPSA) is 44.5 Å². The Labute approximate surface area is 104 Å². The van der Waals surface area contributed by atoms with Crippen LogP contribution in [0.1, 0.15) is 57.8 Å². The molecule has 1 aliphatic carbocycles. The molecule has 0 amide bonds. The summed E-state index contributed by atoms with van der Waals surface area (Å²) in [4.78, 5) is 0. The van der Waals surface area contributed by atoms with Crippen molar-refractivity contribution < 1.29 is 9.47 Å². The van der Waals surface area contributed by atoms with E-state index in [9.17, 15) is 0 Å². The van der Waals surface area contributed by atoms with Gasteiger partial charge >= 0.3 is 0 Å². The van der Waals surface area contributed by atoms with Gasteiger partial charge in [-0.1, -0.05) is 19.3 Å². The second-order valence-electron chi connectivity index (χ2n) is 6.39. The smallest absolute Gasteiger partial charge is 0.0687 e. The van der Waals surface area contributed by atoms with Crippen LogP contribution in [0.5, 0.6) is 0 Å². The lowest BCUT2D eigenvalue weighted by Gasteiger charge is -2.34. The van der Waals surface area contributed by atoms with Gasteiger partial charge in [0.2, 0.25) is 0 Å². The lowest BCUT2D eigenvalue weighted by molar-refractivity contribution is -0.0714. The number of nitrogens with two attached hydrogens (primary N) is 1. The summed E-state index contributed by atoms with van der Waals surface area (Å²) in [5.74, 6) is 0. The van der Waals surface area contributed by atoms with Crippen molar-refractivity contribution in [2.45, 2.75) is 75.0 Å². The molecule has 0 aromatic heterocycles. The van der Waals surface area contributed by atoms with E-state index in [1.54, 1.807) is 0 Å². The van der Waals surface area contributed by atoms with Gasteiger partial charge in [0.15, 0.2) is 0 Å². The minimum absolute atomic E-state index is 0.106. The first kappa shape index (κ1) is 11.9. The third-order valence-electron chi connectivity index (χ3n) is 4.87. The van der Waals surface area contributed by atoms with Crippen LogP contribution in [-0.4, -0.2) is 30.5 Å².